The maximum absolute atomic E-state index is 9.91. The summed E-state index contributed by atoms with van der Waals surface area (Å²) in [5.41, 5.74) is 0.917. The predicted molar refractivity (Wildman–Crippen MR) is 66.6 cm³/mol. The monoisotopic (exact) mass is 239 g/mol. The molecule has 2 N–H and O–H groups in total. The van der Waals surface area contributed by atoms with E-state index in [1.54, 1.807) is 0 Å². The Morgan fingerprint density at radius 2 is 2.06 bits per heavy atom. The zero-order valence-corrected chi connectivity index (χ0v) is 10.2. The van der Waals surface area contributed by atoms with E-state index in [2.05, 4.69) is 12.2 Å². The highest BCUT2D eigenvalue weighted by Gasteiger charge is 2.31. The van der Waals surface area contributed by atoms with Gasteiger partial charge in [0.15, 0.2) is 0 Å². The van der Waals surface area contributed by atoms with Gasteiger partial charge in [-0.05, 0) is 42.5 Å². The van der Waals surface area contributed by atoms with Gasteiger partial charge in [-0.25, -0.2) is 0 Å². The van der Waals surface area contributed by atoms with Gasteiger partial charge in [-0.2, -0.15) is 0 Å². The van der Waals surface area contributed by atoms with Crippen molar-refractivity contribution in [1.29, 1.82) is 0 Å². The molecule has 1 fully saturated rings. The minimum Gasteiger partial charge on any atom is -0.387 e. The van der Waals surface area contributed by atoms with Crippen LogP contribution in [0.5, 0.6) is 0 Å². The van der Waals surface area contributed by atoms with Gasteiger partial charge < -0.3 is 10.4 Å². The Morgan fingerprint density at radius 1 is 1.44 bits per heavy atom. The fraction of sp³-hybridized carbons (Fsp3) is 0.538. The van der Waals surface area contributed by atoms with Crippen molar-refractivity contribution in [2.24, 2.45) is 11.8 Å². The van der Waals surface area contributed by atoms with Crippen LogP contribution in [0.15, 0.2) is 24.3 Å². The van der Waals surface area contributed by atoms with Crippen molar-refractivity contribution in [2.75, 3.05) is 13.1 Å². The fourth-order valence-electron chi connectivity index (χ4n) is 1.89. The van der Waals surface area contributed by atoms with E-state index in [-0.39, 0.29) is 0 Å². The lowest BCUT2D eigenvalue weighted by Gasteiger charge is -2.12. The van der Waals surface area contributed by atoms with Gasteiger partial charge in [-0.1, -0.05) is 30.7 Å². The molecule has 0 amide bonds. The SMILES string of the molecule is CC1CC1CNCC(O)c1ccc(Cl)cc1. The number of benzene rings is 1. The molecular weight excluding hydrogens is 222 g/mol. The van der Waals surface area contributed by atoms with Crippen molar-refractivity contribution in [1.82, 2.24) is 5.32 Å². The minimum absolute atomic E-state index is 0.439. The lowest BCUT2D eigenvalue weighted by molar-refractivity contribution is 0.174. The van der Waals surface area contributed by atoms with Crippen LogP contribution in [-0.2, 0) is 0 Å². The first-order chi connectivity index (χ1) is 7.66. The topological polar surface area (TPSA) is 32.3 Å². The summed E-state index contributed by atoms with van der Waals surface area (Å²) in [6, 6.07) is 7.36. The minimum atomic E-state index is -0.439. The van der Waals surface area contributed by atoms with Crippen molar-refractivity contribution in [3.05, 3.63) is 34.9 Å². The zero-order valence-electron chi connectivity index (χ0n) is 9.49. The molecule has 0 saturated heterocycles. The van der Waals surface area contributed by atoms with E-state index in [1.165, 1.54) is 6.42 Å². The summed E-state index contributed by atoms with van der Waals surface area (Å²) in [6.45, 7) is 3.90. The van der Waals surface area contributed by atoms with E-state index in [0.717, 1.165) is 23.9 Å². The second-order valence-electron chi connectivity index (χ2n) is 4.70. The largest absolute Gasteiger partial charge is 0.387 e. The molecule has 0 aromatic heterocycles. The molecule has 2 nitrogen and oxygen atoms in total. The van der Waals surface area contributed by atoms with Crippen LogP contribution in [0, 0.1) is 11.8 Å². The fourth-order valence-corrected chi connectivity index (χ4v) is 2.02. The summed E-state index contributed by atoms with van der Waals surface area (Å²) in [5.74, 6) is 1.68. The molecule has 0 radical (unpaired) electrons. The molecule has 0 bridgehead atoms. The molecule has 1 aliphatic rings. The van der Waals surface area contributed by atoms with Gasteiger partial charge in [-0.15, -0.1) is 0 Å². The molecule has 3 atom stereocenters. The molecule has 0 aliphatic heterocycles. The lowest BCUT2D eigenvalue weighted by Crippen LogP contribution is -2.23. The Labute approximate surface area is 102 Å². The standard InChI is InChI=1S/C13H18ClNO/c1-9-6-11(9)7-15-8-13(16)10-2-4-12(14)5-3-10/h2-5,9,11,13,15-16H,6-8H2,1H3. The molecule has 2 rings (SSSR count). The van der Waals surface area contributed by atoms with E-state index in [0.29, 0.717) is 11.6 Å². The third kappa shape index (κ3) is 3.21. The normalized spacial score (nSPS) is 25.4. The number of aliphatic hydroxyl groups is 1. The molecule has 3 unspecified atom stereocenters. The first-order valence-corrected chi connectivity index (χ1v) is 6.19. The van der Waals surface area contributed by atoms with E-state index in [1.807, 2.05) is 24.3 Å². The van der Waals surface area contributed by atoms with Crippen molar-refractivity contribution >= 4 is 11.6 Å². The van der Waals surface area contributed by atoms with Gasteiger partial charge in [0.1, 0.15) is 0 Å². The Morgan fingerprint density at radius 3 is 2.62 bits per heavy atom. The van der Waals surface area contributed by atoms with Gasteiger partial charge in [0.05, 0.1) is 6.10 Å². The highest BCUT2D eigenvalue weighted by atomic mass is 35.5. The van der Waals surface area contributed by atoms with Crippen molar-refractivity contribution in [3.63, 3.8) is 0 Å². The summed E-state index contributed by atoms with van der Waals surface area (Å²) in [7, 11) is 0. The molecule has 16 heavy (non-hydrogen) atoms. The van der Waals surface area contributed by atoms with Crippen LogP contribution in [-0.4, -0.2) is 18.2 Å². The van der Waals surface area contributed by atoms with Crippen LogP contribution >= 0.6 is 11.6 Å². The molecule has 1 saturated carbocycles. The van der Waals surface area contributed by atoms with Crippen LogP contribution < -0.4 is 5.32 Å². The lowest BCUT2D eigenvalue weighted by atomic mass is 10.1. The van der Waals surface area contributed by atoms with Crippen LogP contribution in [0.1, 0.15) is 25.0 Å². The van der Waals surface area contributed by atoms with Gasteiger partial charge in [0.2, 0.25) is 0 Å². The smallest absolute Gasteiger partial charge is 0.0914 e. The van der Waals surface area contributed by atoms with E-state index >= 15 is 0 Å². The summed E-state index contributed by atoms with van der Waals surface area (Å²) in [6.07, 6.45) is 0.885. The predicted octanol–water partition coefficient (Wildman–Crippen LogP) is 2.62. The Kier molecular flexibility index (Phi) is 3.85. The Hall–Kier alpha value is -0.570. The van der Waals surface area contributed by atoms with Crippen LogP contribution in [0.2, 0.25) is 5.02 Å². The molecule has 1 aromatic carbocycles. The number of hydrogen-bond donors (Lipinski definition) is 2. The molecule has 88 valence electrons. The molecule has 0 heterocycles. The molecule has 1 aromatic rings. The maximum atomic E-state index is 9.91. The average Bonchev–Trinajstić information content (AvgIpc) is 2.95. The third-order valence-electron chi connectivity index (χ3n) is 3.28. The van der Waals surface area contributed by atoms with Gasteiger partial charge >= 0.3 is 0 Å². The summed E-state index contributed by atoms with van der Waals surface area (Å²) >= 11 is 5.79. The van der Waals surface area contributed by atoms with Crippen LogP contribution in [0.4, 0.5) is 0 Å². The Balaban J connectivity index is 1.74. The third-order valence-corrected chi connectivity index (χ3v) is 3.53. The van der Waals surface area contributed by atoms with E-state index in [9.17, 15) is 5.11 Å². The van der Waals surface area contributed by atoms with Gasteiger partial charge in [0.25, 0.3) is 0 Å². The maximum Gasteiger partial charge on any atom is 0.0914 e. The second kappa shape index (κ2) is 5.17. The number of halogens is 1. The molecule has 0 spiro atoms. The van der Waals surface area contributed by atoms with Gasteiger partial charge in [-0.3, -0.25) is 0 Å². The number of nitrogens with one attached hydrogen (secondary N) is 1. The molecule has 3 heteroatoms. The molecule has 1 aliphatic carbocycles. The Bertz CT molecular complexity index is 338. The van der Waals surface area contributed by atoms with Crippen LogP contribution in [0.25, 0.3) is 0 Å². The first-order valence-electron chi connectivity index (χ1n) is 5.81. The zero-order chi connectivity index (χ0) is 11.5. The molecular formula is C13H18ClNO. The summed E-state index contributed by atoms with van der Waals surface area (Å²) in [4.78, 5) is 0. The second-order valence-corrected chi connectivity index (χ2v) is 5.14. The van der Waals surface area contributed by atoms with Crippen molar-refractivity contribution < 1.29 is 5.11 Å². The summed E-state index contributed by atoms with van der Waals surface area (Å²) in [5, 5.41) is 13.9. The van der Waals surface area contributed by atoms with E-state index in [4.69, 9.17) is 11.6 Å². The number of aliphatic hydroxyl groups excluding tert-OH is 1. The van der Waals surface area contributed by atoms with Crippen molar-refractivity contribution in [3.8, 4) is 0 Å². The number of rotatable bonds is 5. The summed E-state index contributed by atoms with van der Waals surface area (Å²) < 4.78 is 0. The van der Waals surface area contributed by atoms with Crippen molar-refractivity contribution in [2.45, 2.75) is 19.4 Å². The first kappa shape index (κ1) is 11.9. The highest BCUT2D eigenvalue weighted by molar-refractivity contribution is 6.30. The number of hydrogen-bond acceptors (Lipinski definition) is 2. The quantitative estimate of drug-likeness (QED) is 0.828. The average molecular weight is 240 g/mol. The van der Waals surface area contributed by atoms with Crippen LogP contribution in [0.3, 0.4) is 0 Å². The van der Waals surface area contributed by atoms with Gasteiger partial charge in [0, 0.05) is 11.6 Å². The van der Waals surface area contributed by atoms with E-state index < -0.39 is 6.10 Å². The highest BCUT2D eigenvalue weighted by Crippen LogP contribution is 2.36.